The summed E-state index contributed by atoms with van der Waals surface area (Å²) in [4.78, 5) is 9.19. The van der Waals surface area contributed by atoms with Crippen molar-refractivity contribution in [1.29, 1.82) is 0 Å². The Balaban J connectivity index is 2.65. The Morgan fingerprint density at radius 2 is 2.19 bits per heavy atom. The van der Waals surface area contributed by atoms with Crippen molar-refractivity contribution in [1.82, 2.24) is 0 Å². The van der Waals surface area contributed by atoms with Crippen LogP contribution >= 0.6 is 11.6 Å². The highest BCUT2D eigenvalue weighted by molar-refractivity contribution is 6.23. The lowest BCUT2D eigenvalue weighted by atomic mass is 9.79. The molecule has 0 bridgehead atoms. The number of rotatable bonds is 3. The second-order valence-electron chi connectivity index (χ2n) is 4.44. The lowest BCUT2D eigenvalue weighted by molar-refractivity contribution is -0.143. The van der Waals surface area contributed by atoms with Gasteiger partial charge in [0.05, 0.1) is 11.3 Å². The Morgan fingerprint density at radius 3 is 2.56 bits per heavy atom. The fourth-order valence-corrected chi connectivity index (χ4v) is 2.39. The van der Waals surface area contributed by atoms with Crippen molar-refractivity contribution in [2.45, 2.75) is 43.7 Å². The highest BCUT2D eigenvalue weighted by Crippen LogP contribution is 2.42. The van der Waals surface area contributed by atoms with Gasteiger partial charge in [-0.3, -0.25) is 4.79 Å². The molecule has 1 rings (SSSR count). The van der Waals surface area contributed by atoms with Crippen molar-refractivity contribution in [3.8, 4) is 0 Å². The van der Waals surface area contributed by atoms with E-state index >= 15 is 0 Å². The molecule has 2 atom stereocenters. The molecule has 1 aliphatic carbocycles. The summed E-state index contributed by atoms with van der Waals surface area (Å²) in [5.74, 6) is -0.223. The molecule has 92 valence electrons. The maximum atomic E-state index is 12.3. The van der Waals surface area contributed by atoms with Gasteiger partial charge >= 0.3 is 6.18 Å². The number of aldehydes is 1. The van der Waals surface area contributed by atoms with Gasteiger partial charge in [0.1, 0.15) is 6.29 Å². The quantitative estimate of drug-likeness (QED) is 0.552. The smallest absolute Gasteiger partial charge is 0.298 e. The first kappa shape index (κ1) is 13.6. The molecule has 0 saturated heterocycles. The normalized spacial score (nSPS) is 25.8. The molecule has 1 nitrogen and oxygen atoms in total. The molecule has 0 aliphatic heterocycles. The predicted octanol–water partition coefficient (Wildman–Crippen LogP) is 3.86. The molecule has 0 saturated carbocycles. The summed E-state index contributed by atoms with van der Waals surface area (Å²) >= 11 is 5.95. The van der Waals surface area contributed by atoms with Crippen molar-refractivity contribution in [2.24, 2.45) is 5.92 Å². The van der Waals surface area contributed by atoms with Gasteiger partial charge in [0.25, 0.3) is 0 Å². The highest BCUT2D eigenvalue weighted by Gasteiger charge is 2.43. The first-order chi connectivity index (χ1) is 7.24. The van der Waals surface area contributed by atoms with Crippen LogP contribution in [0.15, 0.2) is 11.6 Å². The minimum atomic E-state index is -4.24. The van der Waals surface area contributed by atoms with Gasteiger partial charge < -0.3 is 0 Å². The molecule has 0 fully saturated rings. The Hall–Kier alpha value is -0.510. The average molecular weight is 255 g/mol. The lowest BCUT2D eigenvalue weighted by Gasteiger charge is -2.34. The number of alkyl halides is 4. The van der Waals surface area contributed by atoms with Crippen molar-refractivity contribution < 1.29 is 18.0 Å². The molecule has 0 amide bonds. The van der Waals surface area contributed by atoms with Crippen LogP contribution in [0.4, 0.5) is 13.2 Å². The Bertz CT molecular complexity index is 294. The molecular formula is C11H14ClF3O. The van der Waals surface area contributed by atoms with Crippen LogP contribution in [0.2, 0.25) is 0 Å². The maximum Gasteiger partial charge on any atom is 0.390 e. The SMILES string of the molecule is CC(Cl)(CC(F)(F)F)[C@@H]1CC=C(C=O)CC1. The molecule has 1 aliphatic rings. The van der Waals surface area contributed by atoms with Crippen molar-refractivity contribution in [3.05, 3.63) is 11.6 Å². The summed E-state index contributed by atoms with van der Waals surface area (Å²) in [7, 11) is 0. The summed E-state index contributed by atoms with van der Waals surface area (Å²) in [5.41, 5.74) is 0.663. The standard InChI is InChI=1S/C11H14ClF3O/c1-10(12,7-11(13,14)15)9-4-2-8(6-16)3-5-9/h2,6,9H,3-5,7H2,1H3/t9-,10?/m1/s1. The van der Waals surface area contributed by atoms with Crippen LogP contribution in [-0.2, 0) is 4.79 Å². The van der Waals surface area contributed by atoms with Gasteiger partial charge in [-0.25, -0.2) is 0 Å². The summed E-state index contributed by atoms with van der Waals surface area (Å²) in [6, 6.07) is 0. The largest absolute Gasteiger partial charge is 0.390 e. The van der Waals surface area contributed by atoms with E-state index in [1.807, 2.05) is 0 Å². The van der Waals surface area contributed by atoms with E-state index in [9.17, 15) is 18.0 Å². The molecule has 16 heavy (non-hydrogen) atoms. The van der Waals surface area contributed by atoms with E-state index in [2.05, 4.69) is 0 Å². The zero-order valence-corrected chi connectivity index (χ0v) is 9.74. The fraction of sp³-hybridized carbons (Fsp3) is 0.727. The third-order valence-corrected chi connectivity index (χ3v) is 3.44. The van der Waals surface area contributed by atoms with E-state index in [-0.39, 0.29) is 5.92 Å². The molecular weight excluding hydrogens is 241 g/mol. The highest BCUT2D eigenvalue weighted by atomic mass is 35.5. The molecule has 1 unspecified atom stereocenters. The predicted molar refractivity (Wildman–Crippen MR) is 56.4 cm³/mol. The van der Waals surface area contributed by atoms with Gasteiger partial charge in [-0.2, -0.15) is 13.2 Å². The van der Waals surface area contributed by atoms with Crippen LogP contribution in [0.25, 0.3) is 0 Å². The number of carbonyl (C=O) groups is 1. The fourth-order valence-electron chi connectivity index (χ4n) is 2.04. The number of hydrogen-bond acceptors (Lipinski definition) is 1. The Labute approximate surface area is 97.7 Å². The minimum absolute atomic E-state index is 0.223. The number of allylic oxidation sites excluding steroid dienone is 2. The van der Waals surface area contributed by atoms with Gasteiger partial charge in [-0.05, 0) is 37.7 Å². The van der Waals surface area contributed by atoms with Gasteiger partial charge in [-0.1, -0.05) is 6.08 Å². The molecule has 0 aromatic heterocycles. The summed E-state index contributed by atoms with van der Waals surface area (Å²) in [6.07, 6.45) is -1.27. The summed E-state index contributed by atoms with van der Waals surface area (Å²) in [5, 5.41) is 0. The second kappa shape index (κ2) is 4.78. The number of carbonyl (C=O) groups excluding carboxylic acids is 1. The summed E-state index contributed by atoms with van der Waals surface area (Å²) in [6.45, 7) is 1.42. The van der Waals surface area contributed by atoms with Gasteiger partial charge in [0.15, 0.2) is 0 Å². The van der Waals surface area contributed by atoms with Crippen LogP contribution in [0.5, 0.6) is 0 Å². The van der Waals surface area contributed by atoms with E-state index in [1.165, 1.54) is 6.92 Å². The van der Waals surface area contributed by atoms with Crippen LogP contribution < -0.4 is 0 Å². The van der Waals surface area contributed by atoms with E-state index in [1.54, 1.807) is 6.08 Å². The van der Waals surface area contributed by atoms with Crippen molar-refractivity contribution in [2.75, 3.05) is 0 Å². The van der Waals surface area contributed by atoms with Crippen LogP contribution in [0.3, 0.4) is 0 Å². The van der Waals surface area contributed by atoms with Gasteiger partial charge in [-0.15, -0.1) is 11.6 Å². The van der Waals surface area contributed by atoms with E-state index < -0.39 is 17.5 Å². The Kier molecular flexibility index (Phi) is 4.05. The monoisotopic (exact) mass is 254 g/mol. The second-order valence-corrected chi connectivity index (χ2v) is 5.30. The van der Waals surface area contributed by atoms with Crippen LogP contribution in [0, 0.1) is 5.92 Å². The number of halogens is 4. The van der Waals surface area contributed by atoms with Gasteiger partial charge in [0.2, 0.25) is 0 Å². The van der Waals surface area contributed by atoms with Crippen LogP contribution in [0.1, 0.15) is 32.6 Å². The Morgan fingerprint density at radius 1 is 1.56 bits per heavy atom. The molecule has 0 aromatic rings. The molecule has 0 N–H and O–H groups in total. The van der Waals surface area contributed by atoms with Crippen molar-refractivity contribution in [3.63, 3.8) is 0 Å². The van der Waals surface area contributed by atoms with Gasteiger partial charge in [0, 0.05) is 0 Å². The zero-order valence-electron chi connectivity index (χ0n) is 8.98. The molecule has 0 radical (unpaired) electrons. The third kappa shape index (κ3) is 3.81. The van der Waals surface area contributed by atoms with E-state index in [0.717, 1.165) is 6.29 Å². The maximum absolute atomic E-state index is 12.3. The topological polar surface area (TPSA) is 17.1 Å². The molecule has 0 heterocycles. The molecule has 0 spiro atoms. The van der Waals surface area contributed by atoms with Crippen LogP contribution in [-0.4, -0.2) is 17.3 Å². The van der Waals surface area contributed by atoms with E-state index in [0.29, 0.717) is 24.8 Å². The first-order valence-electron chi connectivity index (χ1n) is 5.14. The summed E-state index contributed by atoms with van der Waals surface area (Å²) < 4.78 is 36.9. The van der Waals surface area contributed by atoms with Crippen molar-refractivity contribution >= 4 is 17.9 Å². The zero-order chi connectivity index (χ0) is 12.4. The lowest BCUT2D eigenvalue weighted by Crippen LogP contribution is -2.35. The molecule has 5 heteroatoms. The van der Waals surface area contributed by atoms with E-state index in [4.69, 9.17) is 11.6 Å². The molecule has 0 aromatic carbocycles. The first-order valence-corrected chi connectivity index (χ1v) is 5.52. The number of hydrogen-bond donors (Lipinski definition) is 0. The third-order valence-electron chi connectivity index (χ3n) is 2.99. The minimum Gasteiger partial charge on any atom is -0.298 e. The average Bonchev–Trinajstić information content (AvgIpc) is 2.14.